The Morgan fingerprint density at radius 3 is 2.52 bits per heavy atom. The van der Waals surface area contributed by atoms with E-state index in [2.05, 4.69) is 25.0 Å². The predicted octanol–water partition coefficient (Wildman–Crippen LogP) is 0.843. The molecule has 0 unspecified atom stereocenters. The van der Waals surface area contributed by atoms with Crippen LogP contribution >= 0.6 is 0 Å². The van der Waals surface area contributed by atoms with Gasteiger partial charge in [-0.3, -0.25) is 19.4 Å². The normalized spacial score (nSPS) is 11.7. The third kappa shape index (κ3) is 5.76. The minimum Gasteiger partial charge on any atom is -0.469 e. The molecule has 0 radical (unpaired) electrons. The van der Waals surface area contributed by atoms with E-state index in [4.69, 9.17) is 10.5 Å². The molecule has 5 N–H and O–H groups in total. The van der Waals surface area contributed by atoms with Gasteiger partial charge in [0.1, 0.15) is 11.7 Å². The fourth-order valence-corrected chi connectivity index (χ4v) is 3.42. The molecule has 0 aliphatic heterocycles. The summed E-state index contributed by atoms with van der Waals surface area (Å²) in [7, 11) is 2.46. The number of aryl methyl sites for hydroxylation is 2. The highest BCUT2D eigenvalue weighted by molar-refractivity contribution is 5.96. The molecule has 11 heteroatoms. The zero-order chi connectivity index (χ0) is 24.0. The van der Waals surface area contributed by atoms with Crippen molar-refractivity contribution < 1.29 is 23.9 Å². The van der Waals surface area contributed by atoms with E-state index >= 15 is 0 Å². The summed E-state index contributed by atoms with van der Waals surface area (Å²) in [5.74, 6) is -1.55. The van der Waals surface area contributed by atoms with Crippen molar-refractivity contribution >= 4 is 34.8 Å². The number of aromatic amines is 2. The third-order valence-electron chi connectivity index (χ3n) is 5.20. The molecular weight excluding hydrogens is 430 g/mol. The van der Waals surface area contributed by atoms with Crippen LogP contribution in [0.1, 0.15) is 34.3 Å². The van der Waals surface area contributed by atoms with Gasteiger partial charge in [0.15, 0.2) is 0 Å². The van der Waals surface area contributed by atoms with Crippen LogP contribution in [-0.2, 0) is 31.9 Å². The van der Waals surface area contributed by atoms with Crippen molar-refractivity contribution in [2.75, 3.05) is 20.0 Å². The van der Waals surface area contributed by atoms with Gasteiger partial charge in [0.2, 0.25) is 5.95 Å². The summed E-state index contributed by atoms with van der Waals surface area (Å²) in [4.78, 5) is 57.6. The molecule has 0 saturated heterocycles. The Morgan fingerprint density at radius 1 is 1.12 bits per heavy atom. The monoisotopic (exact) mass is 455 g/mol. The van der Waals surface area contributed by atoms with Crippen LogP contribution in [0, 0.1) is 0 Å². The zero-order valence-electron chi connectivity index (χ0n) is 18.3. The Hall–Kier alpha value is -4.15. The van der Waals surface area contributed by atoms with Crippen molar-refractivity contribution in [2.45, 2.75) is 31.7 Å². The molecular formula is C22H25N5O6. The number of amides is 1. The van der Waals surface area contributed by atoms with Crippen molar-refractivity contribution in [1.29, 1.82) is 0 Å². The highest BCUT2D eigenvalue weighted by Gasteiger charge is 2.23. The lowest BCUT2D eigenvalue weighted by atomic mass is 10.0. The van der Waals surface area contributed by atoms with E-state index in [-0.39, 0.29) is 24.3 Å². The first-order valence-corrected chi connectivity index (χ1v) is 10.2. The summed E-state index contributed by atoms with van der Waals surface area (Å²) in [6.07, 6.45) is 2.97. The number of carbonyl (C=O) groups is 3. The Labute approximate surface area is 188 Å². The Bertz CT molecular complexity index is 1210. The first kappa shape index (κ1) is 23.5. The zero-order valence-corrected chi connectivity index (χ0v) is 18.3. The molecule has 0 saturated carbocycles. The number of fused-ring (bicyclic) bond motifs is 1. The van der Waals surface area contributed by atoms with E-state index in [9.17, 15) is 19.2 Å². The third-order valence-corrected chi connectivity index (χ3v) is 5.20. The molecule has 3 aromatic rings. The van der Waals surface area contributed by atoms with E-state index in [0.717, 1.165) is 11.1 Å². The van der Waals surface area contributed by atoms with Crippen LogP contribution in [-0.4, -0.2) is 53.1 Å². The minimum atomic E-state index is -0.969. The summed E-state index contributed by atoms with van der Waals surface area (Å²) < 4.78 is 9.27. The molecule has 1 aromatic carbocycles. The first-order chi connectivity index (χ1) is 15.8. The van der Waals surface area contributed by atoms with Gasteiger partial charge in [-0.25, -0.2) is 4.79 Å². The van der Waals surface area contributed by atoms with Crippen molar-refractivity contribution in [2.24, 2.45) is 0 Å². The molecule has 0 fully saturated rings. The van der Waals surface area contributed by atoms with Crippen LogP contribution in [0.4, 0.5) is 5.95 Å². The van der Waals surface area contributed by atoms with Gasteiger partial charge in [0.05, 0.1) is 19.6 Å². The number of nitrogens with zero attached hydrogens (tertiary/aromatic N) is 1. The Morgan fingerprint density at radius 2 is 1.85 bits per heavy atom. The molecule has 2 heterocycles. The number of nitrogens with two attached hydrogens (primary N) is 1. The first-order valence-electron chi connectivity index (χ1n) is 10.2. The SMILES string of the molecule is COC(=O)CC[C@@H](NC(=O)c1ccc(CCc2c[nH]c3nc(N)[nH]c(=O)c23)cc1)C(=O)OC. The lowest BCUT2D eigenvalue weighted by molar-refractivity contribution is -0.144. The quantitative estimate of drug-likeness (QED) is 0.344. The number of hydrogen-bond donors (Lipinski definition) is 4. The lowest BCUT2D eigenvalue weighted by Crippen LogP contribution is -2.41. The maximum absolute atomic E-state index is 12.6. The van der Waals surface area contributed by atoms with Crippen molar-refractivity contribution in [3.05, 3.63) is 57.5 Å². The molecule has 1 amide bonds. The fraction of sp³-hybridized carbons (Fsp3) is 0.318. The van der Waals surface area contributed by atoms with Gasteiger partial charge in [0.25, 0.3) is 11.5 Å². The summed E-state index contributed by atoms with van der Waals surface area (Å²) in [6.45, 7) is 0. The van der Waals surface area contributed by atoms with Crippen LogP contribution in [0.2, 0.25) is 0 Å². The van der Waals surface area contributed by atoms with Gasteiger partial charge >= 0.3 is 11.9 Å². The number of nitrogen functional groups attached to an aromatic ring is 1. The molecule has 0 aliphatic rings. The van der Waals surface area contributed by atoms with E-state index in [0.29, 0.717) is 29.4 Å². The second-order valence-electron chi connectivity index (χ2n) is 7.35. The number of anilines is 1. The van der Waals surface area contributed by atoms with Crippen LogP contribution in [0.15, 0.2) is 35.3 Å². The number of nitrogens with one attached hydrogen (secondary N) is 3. The molecule has 2 aromatic heterocycles. The predicted molar refractivity (Wildman–Crippen MR) is 119 cm³/mol. The molecule has 0 aliphatic carbocycles. The van der Waals surface area contributed by atoms with Gasteiger partial charge in [-0.05, 0) is 42.5 Å². The Balaban J connectivity index is 1.63. The maximum Gasteiger partial charge on any atom is 0.328 e. The number of methoxy groups -OCH3 is 2. The molecule has 174 valence electrons. The number of aromatic nitrogens is 3. The highest BCUT2D eigenvalue weighted by Crippen LogP contribution is 2.16. The molecule has 11 nitrogen and oxygen atoms in total. The maximum atomic E-state index is 12.6. The van der Waals surface area contributed by atoms with Crippen LogP contribution in [0.3, 0.4) is 0 Å². The highest BCUT2D eigenvalue weighted by atomic mass is 16.5. The van der Waals surface area contributed by atoms with Crippen LogP contribution in [0.5, 0.6) is 0 Å². The molecule has 0 spiro atoms. The van der Waals surface area contributed by atoms with Gasteiger partial charge in [-0.1, -0.05) is 12.1 Å². The second-order valence-corrected chi connectivity index (χ2v) is 7.35. The number of ether oxygens (including phenoxy) is 2. The molecule has 3 rings (SSSR count). The average Bonchev–Trinajstić information content (AvgIpc) is 3.22. The Kier molecular flexibility index (Phi) is 7.44. The number of hydrogen-bond acceptors (Lipinski definition) is 8. The molecule has 1 atom stereocenters. The van der Waals surface area contributed by atoms with Crippen molar-refractivity contribution in [3.8, 4) is 0 Å². The van der Waals surface area contributed by atoms with Gasteiger partial charge < -0.3 is 25.5 Å². The number of rotatable bonds is 9. The average molecular weight is 455 g/mol. The van der Waals surface area contributed by atoms with Crippen molar-refractivity contribution in [3.63, 3.8) is 0 Å². The fourth-order valence-electron chi connectivity index (χ4n) is 3.42. The smallest absolute Gasteiger partial charge is 0.328 e. The van der Waals surface area contributed by atoms with E-state index in [1.165, 1.54) is 14.2 Å². The number of carbonyl (C=O) groups excluding carboxylic acids is 3. The summed E-state index contributed by atoms with van der Waals surface area (Å²) in [6, 6.07) is 5.91. The summed E-state index contributed by atoms with van der Waals surface area (Å²) >= 11 is 0. The summed E-state index contributed by atoms with van der Waals surface area (Å²) in [5.41, 5.74) is 7.82. The number of H-pyrrole nitrogens is 2. The van der Waals surface area contributed by atoms with Crippen LogP contribution in [0.25, 0.3) is 11.0 Å². The van der Waals surface area contributed by atoms with Gasteiger partial charge in [0, 0.05) is 18.2 Å². The standard InChI is InChI=1S/C22H25N5O6/c1-32-16(28)10-9-15(21(31)33-2)25-19(29)13-6-3-12(4-7-13)5-8-14-11-24-18-17(14)20(30)27-22(23)26-18/h3-4,6-7,11,15H,5,8-10H2,1-2H3,(H,25,29)(H4,23,24,26,27,30)/t15-/m1/s1. The second kappa shape index (κ2) is 10.4. The van der Waals surface area contributed by atoms with Gasteiger partial charge in [-0.2, -0.15) is 4.98 Å². The lowest BCUT2D eigenvalue weighted by Gasteiger charge is -2.16. The number of esters is 2. The van der Waals surface area contributed by atoms with Gasteiger partial charge in [-0.15, -0.1) is 0 Å². The van der Waals surface area contributed by atoms with E-state index in [1.807, 2.05) is 0 Å². The largest absolute Gasteiger partial charge is 0.469 e. The van der Waals surface area contributed by atoms with E-state index in [1.54, 1.807) is 30.5 Å². The molecule has 0 bridgehead atoms. The minimum absolute atomic E-state index is 0.0335. The summed E-state index contributed by atoms with van der Waals surface area (Å²) in [5, 5.41) is 3.06. The molecule has 33 heavy (non-hydrogen) atoms. The topological polar surface area (TPSA) is 169 Å². The van der Waals surface area contributed by atoms with E-state index < -0.39 is 23.9 Å². The number of benzene rings is 1. The van der Waals surface area contributed by atoms with Crippen molar-refractivity contribution in [1.82, 2.24) is 20.3 Å². The van der Waals surface area contributed by atoms with Crippen LogP contribution < -0.4 is 16.6 Å².